The van der Waals surface area contributed by atoms with Gasteiger partial charge in [-0.3, -0.25) is 19.2 Å². The summed E-state index contributed by atoms with van der Waals surface area (Å²) in [5, 5.41) is 22.2. The number of aliphatic hydroxyl groups excluding tert-OH is 2. The SMILES string of the molecule is CC(=O)O[C@@H]1C(=O)C2=C([C@@H](O)C[C@H]3C(C)(C)[C@@H](O)CC[C@]23C)[C@]2(C)C(=O)C[C@H](C(C)=O)[C@@]12C. The van der Waals surface area contributed by atoms with Gasteiger partial charge in [0.25, 0.3) is 0 Å². The minimum absolute atomic E-state index is 0.0543. The van der Waals surface area contributed by atoms with Crippen molar-refractivity contribution in [3.63, 3.8) is 0 Å². The lowest BCUT2D eigenvalue weighted by Gasteiger charge is -2.62. The predicted octanol–water partition coefficient (Wildman–Crippen LogP) is 2.56. The third-order valence-electron chi connectivity index (χ3n) is 10.2. The number of carbonyl (C=O) groups is 4. The molecular weight excluding hydrogens is 424 g/mol. The maximum Gasteiger partial charge on any atom is 0.303 e. The number of hydrogen-bond donors (Lipinski definition) is 2. The Labute approximate surface area is 194 Å². The molecule has 0 aromatic rings. The summed E-state index contributed by atoms with van der Waals surface area (Å²) >= 11 is 0. The highest BCUT2D eigenvalue weighted by molar-refractivity contribution is 6.10. The van der Waals surface area contributed by atoms with Gasteiger partial charge < -0.3 is 14.9 Å². The Balaban J connectivity index is 2.05. The second kappa shape index (κ2) is 7.08. The summed E-state index contributed by atoms with van der Waals surface area (Å²) in [6.45, 7) is 11.9. The molecule has 7 nitrogen and oxygen atoms in total. The van der Waals surface area contributed by atoms with E-state index in [-0.39, 0.29) is 23.9 Å². The molecule has 4 aliphatic carbocycles. The zero-order valence-corrected chi connectivity index (χ0v) is 20.7. The van der Waals surface area contributed by atoms with E-state index in [9.17, 15) is 29.4 Å². The van der Waals surface area contributed by atoms with Crippen LogP contribution in [0.1, 0.15) is 74.1 Å². The van der Waals surface area contributed by atoms with E-state index in [1.165, 1.54) is 13.8 Å². The fraction of sp³-hybridized carbons (Fsp3) is 0.769. The fourth-order valence-electron chi connectivity index (χ4n) is 8.16. The molecular formula is C26H36O7. The highest BCUT2D eigenvalue weighted by Gasteiger charge is 2.74. The summed E-state index contributed by atoms with van der Waals surface area (Å²) in [5.74, 6) is -2.52. The molecule has 2 saturated carbocycles. The zero-order valence-electron chi connectivity index (χ0n) is 20.7. The number of ether oxygens (including phenoxy) is 1. The molecule has 0 radical (unpaired) electrons. The Bertz CT molecular complexity index is 993. The number of aliphatic hydroxyl groups is 2. The van der Waals surface area contributed by atoms with E-state index >= 15 is 0 Å². The smallest absolute Gasteiger partial charge is 0.303 e. The molecule has 0 heterocycles. The first-order chi connectivity index (χ1) is 15.1. The van der Waals surface area contributed by atoms with Crippen molar-refractivity contribution in [1.29, 1.82) is 0 Å². The van der Waals surface area contributed by atoms with E-state index < -0.39 is 57.6 Å². The summed E-state index contributed by atoms with van der Waals surface area (Å²) in [6, 6.07) is 0. The van der Waals surface area contributed by atoms with Crippen molar-refractivity contribution < 1.29 is 34.1 Å². The van der Waals surface area contributed by atoms with Gasteiger partial charge in [-0.1, -0.05) is 27.7 Å². The highest BCUT2D eigenvalue weighted by Crippen LogP contribution is 2.70. The molecule has 33 heavy (non-hydrogen) atoms. The van der Waals surface area contributed by atoms with Gasteiger partial charge >= 0.3 is 5.97 Å². The Hall–Kier alpha value is -1.86. The van der Waals surface area contributed by atoms with Crippen LogP contribution >= 0.6 is 0 Å². The Morgan fingerprint density at radius 2 is 1.64 bits per heavy atom. The lowest BCUT2D eigenvalue weighted by atomic mass is 9.42. The molecule has 4 rings (SSSR count). The maximum absolute atomic E-state index is 14.2. The number of carbonyl (C=O) groups excluding carboxylic acids is 4. The van der Waals surface area contributed by atoms with Crippen LogP contribution in [0.25, 0.3) is 0 Å². The number of Topliss-reactive ketones (excluding diaryl/α,β-unsaturated/α-hetero) is 3. The minimum Gasteiger partial charge on any atom is -0.453 e. The van der Waals surface area contributed by atoms with Crippen molar-refractivity contribution in [3.05, 3.63) is 11.1 Å². The molecule has 0 spiro atoms. The largest absolute Gasteiger partial charge is 0.453 e. The number of esters is 1. The second-order valence-electron chi connectivity index (χ2n) is 11.9. The van der Waals surface area contributed by atoms with Gasteiger partial charge in [-0.05, 0) is 55.4 Å². The molecule has 2 N–H and O–H groups in total. The number of hydrogen-bond acceptors (Lipinski definition) is 7. The van der Waals surface area contributed by atoms with Crippen LogP contribution < -0.4 is 0 Å². The third-order valence-corrected chi connectivity index (χ3v) is 10.2. The van der Waals surface area contributed by atoms with Crippen LogP contribution in [-0.2, 0) is 23.9 Å². The van der Waals surface area contributed by atoms with Crippen LogP contribution in [0.5, 0.6) is 0 Å². The molecule has 4 aliphatic rings. The standard InChI is InChI=1S/C26H36O7/c1-12(27)14-10-18(31)26(7)19-15(29)11-16-23(3,4)17(30)8-9-24(16,5)20(19)21(32)22(25(14,26)6)33-13(2)28/h14-17,22,29-30H,8-11H2,1-7H3/t14-,15+,16+,17+,22-,24+,25+,26+/m1/s1. The van der Waals surface area contributed by atoms with Crippen LogP contribution in [0, 0.1) is 33.5 Å². The number of rotatable bonds is 2. The predicted molar refractivity (Wildman–Crippen MR) is 119 cm³/mol. The van der Waals surface area contributed by atoms with Crippen LogP contribution in [0.2, 0.25) is 0 Å². The van der Waals surface area contributed by atoms with Crippen molar-refractivity contribution in [2.45, 2.75) is 92.5 Å². The monoisotopic (exact) mass is 460 g/mol. The maximum atomic E-state index is 14.2. The summed E-state index contributed by atoms with van der Waals surface area (Å²) < 4.78 is 5.64. The quantitative estimate of drug-likeness (QED) is 0.608. The molecule has 0 saturated heterocycles. The summed E-state index contributed by atoms with van der Waals surface area (Å²) in [5.41, 5.74) is -3.10. The van der Waals surface area contributed by atoms with E-state index in [1.807, 2.05) is 20.8 Å². The number of ketones is 3. The first-order valence-electron chi connectivity index (χ1n) is 11.9. The van der Waals surface area contributed by atoms with Gasteiger partial charge in [0.1, 0.15) is 11.6 Å². The van der Waals surface area contributed by atoms with Crippen LogP contribution in [0.4, 0.5) is 0 Å². The Morgan fingerprint density at radius 1 is 1.03 bits per heavy atom. The molecule has 182 valence electrons. The summed E-state index contributed by atoms with van der Waals surface area (Å²) in [4.78, 5) is 52.7. The molecule has 0 unspecified atom stereocenters. The van der Waals surface area contributed by atoms with Gasteiger partial charge in [-0.2, -0.15) is 0 Å². The molecule has 0 aromatic carbocycles. The molecule has 0 aromatic heterocycles. The molecule has 8 atom stereocenters. The number of fused-ring (bicyclic) bond motifs is 4. The average molecular weight is 461 g/mol. The fourth-order valence-corrected chi connectivity index (χ4v) is 8.16. The lowest BCUT2D eigenvalue weighted by Crippen LogP contribution is -2.65. The van der Waals surface area contributed by atoms with Crippen LogP contribution in [-0.4, -0.2) is 51.8 Å². The minimum atomic E-state index is -1.32. The summed E-state index contributed by atoms with van der Waals surface area (Å²) in [6.07, 6.45) is -1.68. The second-order valence-corrected chi connectivity index (χ2v) is 11.9. The van der Waals surface area contributed by atoms with Gasteiger partial charge in [0.15, 0.2) is 6.10 Å². The third kappa shape index (κ3) is 2.75. The van der Waals surface area contributed by atoms with E-state index in [0.717, 1.165) is 0 Å². The normalized spacial score (nSPS) is 46.4. The van der Waals surface area contributed by atoms with Crippen LogP contribution in [0.3, 0.4) is 0 Å². The van der Waals surface area contributed by atoms with Crippen molar-refractivity contribution in [2.75, 3.05) is 0 Å². The van der Waals surface area contributed by atoms with Crippen molar-refractivity contribution >= 4 is 23.3 Å². The van der Waals surface area contributed by atoms with Crippen molar-refractivity contribution in [3.8, 4) is 0 Å². The summed E-state index contributed by atoms with van der Waals surface area (Å²) in [7, 11) is 0. The van der Waals surface area contributed by atoms with Gasteiger partial charge in [0.05, 0.1) is 17.6 Å². The molecule has 0 amide bonds. The van der Waals surface area contributed by atoms with Crippen molar-refractivity contribution in [2.24, 2.45) is 33.5 Å². The first-order valence-corrected chi connectivity index (χ1v) is 11.9. The van der Waals surface area contributed by atoms with E-state index in [2.05, 4.69) is 0 Å². The van der Waals surface area contributed by atoms with Crippen LogP contribution in [0.15, 0.2) is 11.1 Å². The lowest BCUT2D eigenvalue weighted by molar-refractivity contribution is -0.177. The van der Waals surface area contributed by atoms with Gasteiger partial charge in [0, 0.05) is 30.3 Å². The van der Waals surface area contributed by atoms with Gasteiger partial charge in [-0.15, -0.1) is 0 Å². The van der Waals surface area contributed by atoms with E-state index in [1.54, 1.807) is 13.8 Å². The van der Waals surface area contributed by atoms with E-state index in [0.29, 0.717) is 30.4 Å². The van der Waals surface area contributed by atoms with E-state index in [4.69, 9.17) is 4.74 Å². The van der Waals surface area contributed by atoms with Gasteiger partial charge in [0.2, 0.25) is 5.78 Å². The highest BCUT2D eigenvalue weighted by atomic mass is 16.5. The molecule has 0 bridgehead atoms. The first kappa shape index (κ1) is 24.3. The molecule has 7 heteroatoms. The zero-order chi connectivity index (χ0) is 24.9. The molecule has 0 aliphatic heterocycles. The Morgan fingerprint density at radius 3 is 2.18 bits per heavy atom. The Kier molecular flexibility index (Phi) is 5.20. The molecule has 2 fully saturated rings. The van der Waals surface area contributed by atoms with Gasteiger partial charge in [-0.25, -0.2) is 0 Å². The van der Waals surface area contributed by atoms with Crippen molar-refractivity contribution in [1.82, 2.24) is 0 Å². The topological polar surface area (TPSA) is 118 Å². The average Bonchev–Trinajstić information content (AvgIpc) is 2.92.